The number of benzene rings is 1. The fraction of sp³-hybridized carbons (Fsp3) is 0.429. The lowest BCUT2D eigenvalue weighted by Crippen LogP contribution is -2.45. The third kappa shape index (κ3) is 3.19. The van der Waals surface area contributed by atoms with Gasteiger partial charge in [-0.3, -0.25) is 9.78 Å². The number of fused-ring (bicyclic) bond motifs is 1. The van der Waals surface area contributed by atoms with Gasteiger partial charge in [-0.2, -0.15) is 0 Å². The average Bonchev–Trinajstić information content (AvgIpc) is 3.06. The molecule has 1 aromatic carbocycles. The van der Waals surface area contributed by atoms with Gasteiger partial charge in [0.25, 0.3) is 0 Å². The first-order valence-electron chi connectivity index (χ1n) is 9.14. The molecular formula is C21H24N2O2. The highest BCUT2D eigenvalue weighted by atomic mass is 16.3. The van der Waals surface area contributed by atoms with E-state index in [0.717, 1.165) is 18.4 Å². The van der Waals surface area contributed by atoms with Crippen LogP contribution in [0.3, 0.4) is 0 Å². The predicted molar refractivity (Wildman–Crippen MR) is 96.1 cm³/mol. The molecule has 1 aliphatic carbocycles. The number of aliphatic hydroxyl groups is 1. The monoisotopic (exact) mass is 336 g/mol. The SMILES string of the molecule is O=C(C[C@@H]1CCc2ccccc21)N1CCC(O)(c2cccnc2)CC1. The number of aryl methyl sites for hydroxylation is 1. The lowest BCUT2D eigenvalue weighted by atomic mass is 9.85. The van der Waals surface area contributed by atoms with E-state index in [-0.39, 0.29) is 5.91 Å². The molecule has 25 heavy (non-hydrogen) atoms. The van der Waals surface area contributed by atoms with Gasteiger partial charge in [-0.1, -0.05) is 30.3 Å². The van der Waals surface area contributed by atoms with Crippen molar-refractivity contribution in [1.82, 2.24) is 9.88 Å². The molecule has 2 aliphatic rings. The molecule has 4 rings (SSSR count). The zero-order valence-corrected chi connectivity index (χ0v) is 14.4. The highest BCUT2D eigenvalue weighted by Gasteiger charge is 2.36. The highest BCUT2D eigenvalue weighted by molar-refractivity contribution is 5.77. The first-order chi connectivity index (χ1) is 12.2. The Hall–Kier alpha value is -2.20. The molecule has 1 fully saturated rings. The van der Waals surface area contributed by atoms with E-state index in [9.17, 15) is 9.90 Å². The van der Waals surface area contributed by atoms with Gasteiger partial charge in [-0.15, -0.1) is 0 Å². The Bertz CT molecular complexity index is 752. The van der Waals surface area contributed by atoms with Gasteiger partial charge in [0.05, 0.1) is 5.60 Å². The van der Waals surface area contributed by atoms with Gasteiger partial charge in [-0.25, -0.2) is 0 Å². The van der Waals surface area contributed by atoms with Crippen LogP contribution in [0.5, 0.6) is 0 Å². The maximum absolute atomic E-state index is 12.7. The number of carbonyl (C=O) groups is 1. The summed E-state index contributed by atoms with van der Waals surface area (Å²) in [4.78, 5) is 18.8. The highest BCUT2D eigenvalue weighted by Crippen LogP contribution is 2.37. The predicted octanol–water partition coefficient (Wildman–Crippen LogP) is 3.01. The maximum atomic E-state index is 12.7. The average molecular weight is 336 g/mol. The van der Waals surface area contributed by atoms with Crippen LogP contribution in [0, 0.1) is 0 Å². The summed E-state index contributed by atoms with van der Waals surface area (Å²) < 4.78 is 0. The molecule has 1 saturated heterocycles. The Morgan fingerprint density at radius 1 is 1.20 bits per heavy atom. The first-order valence-corrected chi connectivity index (χ1v) is 9.14. The molecule has 1 amide bonds. The van der Waals surface area contributed by atoms with Gasteiger partial charge < -0.3 is 10.0 Å². The zero-order valence-electron chi connectivity index (χ0n) is 14.4. The van der Waals surface area contributed by atoms with Crippen molar-refractivity contribution in [2.24, 2.45) is 0 Å². The number of pyridine rings is 1. The normalized spacial score (nSPS) is 21.8. The van der Waals surface area contributed by atoms with Crippen molar-refractivity contribution in [2.45, 2.75) is 43.6 Å². The van der Waals surface area contributed by atoms with Crippen LogP contribution in [-0.4, -0.2) is 34.0 Å². The number of amides is 1. The lowest BCUT2D eigenvalue weighted by molar-refractivity contribution is -0.136. The van der Waals surface area contributed by atoms with Crippen LogP contribution in [0.25, 0.3) is 0 Å². The maximum Gasteiger partial charge on any atom is 0.223 e. The molecule has 0 spiro atoms. The van der Waals surface area contributed by atoms with Crippen LogP contribution in [-0.2, 0) is 16.8 Å². The van der Waals surface area contributed by atoms with Crippen molar-refractivity contribution in [3.05, 3.63) is 65.5 Å². The summed E-state index contributed by atoms with van der Waals surface area (Å²) in [5.41, 5.74) is 2.74. The molecular weight excluding hydrogens is 312 g/mol. The summed E-state index contributed by atoms with van der Waals surface area (Å²) in [7, 11) is 0. The summed E-state index contributed by atoms with van der Waals surface area (Å²) in [6, 6.07) is 12.2. The van der Waals surface area contributed by atoms with E-state index >= 15 is 0 Å². The number of hydrogen-bond donors (Lipinski definition) is 1. The van der Waals surface area contributed by atoms with E-state index in [2.05, 4.69) is 29.2 Å². The number of carbonyl (C=O) groups excluding carboxylic acids is 1. The molecule has 1 N–H and O–H groups in total. The van der Waals surface area contributed by atoms with Gasteiger partial charge in [-0.05, 0) is 48.8 Å². The van der Waals surface area contributed by atoms with Gasteiger partial charge in [0.2, 0.25) is 5.91 Å². The van der Waals surface area contributed by atoms with Crippen LogP contribution in [0.4, 0.5) is 0 Å². The van der Waals surface area contributed by atoms with Crippen molar-refractivity contribution < 1.29 is 9.90 Å². The fourth-order valence-corrected chi connectivity index (χ4v) is 4.25. The molecule has 1 aliphatic heterocycles. The standard InChI is InChI=1S/C21H24N2O2/c24-20(14-17-8-7-16-4-1-2-6-19(16)17)23-12-9-21(25,10-13-23)18-5-3-11-22-15-18/h1-6,11,15,17,25H,7-10,12-14H2/t17-/m0/s1. The Morgan fingerprint density at radius 3 is 2.76 bits per heavy atom. The molecule has 1 aromatic heterocycles. The van der Waals surface area contributed by atoms with E-state index in [4.69, 9.17) is 0 Å². The van der Waals surface area contributed by atoms with Crippen molar-refractivity contribution in [2.75, 3.05) is 13.1 Å². The number of piperidine rings is 1. The van der Waals surface area contributed by atoms with Gasteiger partial charge >= 0.3 is 0 Å². The van der Waals surface area contributed by atoms with Crippen LogP contribution < -0.4 is 0 Å². The van der Waals surface area contributed by atoms with E-state index < -0.39 is 5.60 Å². The minimum atomic E-state index is -0.856. The van der Waals surface area contributed by atoms with Crippen molar-refractivity contribution >= 4 is 5.91 Å². The molecule has 4 heteroatoms. The number of likely N-dealkylation sites (tertiary alicyclic amines) is 1. The summed E-state index contributed by atoms with van der Waals surface area (Å²) in [5.74, 6) is 0.567. The third-order valence-electron chi connectivity index (χ3n) is 5.82. The molecule has 130 valence electrons. The summed E-state index contributed by atoms with van der Waals surface area (Å²) in [6.45, 7) is 1.22. The van der Waals surface area contributed by atoms with Gasteiger partial charge in [0, 0.05) is 37.5 Å². The Morgan fingerprint density at radius 2 is 2.00 bits per heavy atom. The van der Waals surface area contributed by atoms with E-state index in [1.165, 1.54) is 11.1 Å². The van der Waals surface area contributed by atoms with Crippen LogP contribution >= 0.6 is 0 Å². The molecule has 1 atom stereocenters. The van der Waals surface area contributed by atoms with Crippen LogP contribution in [0.1, 0.15) is 48.3 Å². The van der Waals surface area contributed by atoms with Crippen molar-refractivity contribution in [3.8, 4) is 0 Å². The van der Waals surface area contributed by atoms with E-state index in [0.29, 0.717) is 38.3 Å². The third-order valence-corrected chi connectivity index (χ3v) is 5.82. The molecule has 0 saturated carbocycles. The largest absolute Gasteiger partial charge is 0.385 e. The Balaban J connectivity index is 1.38. The lowest BCUT2D eigenvalue weighted by Gasteiger charge is -2.38. The molecule has 0 bridgehead atoms. The number of nitrogens with zero attached hydrogens (tertiary/aromatic N) is 2. The van der Waals surface area contributed by atoms with Crippen molar-refractivity contribution in [3.63, 3.8) is 0 Å². The molecule has 0 unspecified atom stereocenters. The number of aromatic nitrogens is 1. The molecule has 0 radical (unpaired) electrons. The number of rotatable bonds is 3. The quantitative estimate of drug-likeness (QED) is 0.937. The van der Waals surface area contributed by atoms with E-state index in [1.54, 1.807) is 12.4 Å². The van der Waals surface area contributed by atoms with Crippen LogP contribution in [0.2, 0.25) is 0 Å². The van der Waals surface area contributed by atoms with Crippen molar-refractivity contribution in [1.29, 1.82) is 0 Å². The first kappa shape index (κ1) is 16.3. The number of hydrogen-bond acceptors (Lipinski definition) is 3. The Labute approximate surface area is 148 Å². The smallest absolute Gasteiger partial charge is 0.223 e. The van der Waals surface area contributed by atoms with Crippen LogP contribution in [0.15, 0.2) is 48.8 Å². The van der Waals surface area contributed by atoms with Gasteiger partial charge in [0.15, 0.2) is 0 Å². The molecule has 2 aromatic rings. The minimum absolute atomic E-state index is 0.218. The van der Waals surface area contributed by atoms with E-state index in [1.807, 2.05) is 17.0 Å². The zero-order chi connectivity index (χ0) is 17.3. The second-order valence-electron chi connectivity index (χ2n) is 7.29. The molecule has 2 heterocycles. The second-order valence-corrected chi connectivity index (χ2v) is 7.29. The summed E-state index contributed by atoms with van der Waals surface area (Å²) >= 11 is 0. The minimum Gasteiger partial charge on any atom is -0.385 e. The topological polar surface area (TPSA) is 53.4 Å². The molecule has 4 nitrogen and oxygen atoms in total. The van der Waals surface area contributed by atoms with Gasteiger partial charge in [0.1, 0.15) is 0 Å². The summed E-state index contributed by atoms with van der Waals surface area (Å²) in [5, 5.41) is 10.9. The summed E-state index contributed by atoms with van der Waals surface area (Å²) in [6.07, 6.45) is 7.32. The second kappa shape index (κ2) is 6.60. The fourth-order valence-electron chi connectivity index (χ4n) is 4.25. The Kier molecular flexibility index (Phi) is 4.30.